The molecule has 0 amide bonds. The molecular weight excluding hydrogens is 292 g/mol. The Morgan fingerprint density at radius 2 is 2.09 bits per heavy atom. The standard InChI is InChI=1S/C16H22N6O/c1-4-23-16-9-14(19-13(3)20-16)21-7-8-22(12(2)11-21)15-10-17-5-6-18-15/h5-6,9-10,12H,4,7-8,11H2,1-3H3. The molecule has 2 aromatic heterocycles. The number of hydrogen-bond acceptors (Lipinski definition) is 7. The molecule has 7 heteroatoms. The minimum atomic E-state index is 0.325. The Bertz CT molecular complexity index is 650. The number of rotatable bonds is 4. The summed E-state index contributed by atoms with van der Waals surface area (Å²) in [6.07, 6.45) is 5.24. The van der Waals surface area contributed by atoms with Gasteiger partial charge in [0.15, 0.2) is 0 Å². The van der Waals surface area contributed by atoms with Crippen molar-refractivity contribution in [3.05, 3.63) is 30.5 Å². The van der Waals surface area contributed by atoms with Crippen molar-refractivity contribution in [2.45, 2.75) is 26.8 Å². The lowest BCUT2D eigenvalue weighted by Crippen LogP contribution is -2.52. The van der Waals surface area contributed by atoms with E-state index in [9.17, 15) is 0 Å². The molecular formula is C16H22N6O. The molecule has 122 valence electrons. The van der Waals surface area contributed by atoms with Crippen LogP contribution in [0.1, 0.15) is 19.7 Å². The lowest BCUT2D eigenvalue weighted by Gasteiger charge is -2.40. The third-order valence-corrected chi connectivity index (χ3v) is 3.89. The molecule has 0 spiro atoms. The molecule has 3 heterocycles. The van der Waals surface area contributed by atoms with Gasteiger partial charge in [0.25, 0.3) is 0 Å². The summed E-state index contributed by atoms with van der Waals surface area (Å²) in [5.74, 6) is 3.22. The quantitative estimate of drug-likeness (QED) is 0.850. The molecule has 0 radical (unpaired) electrons. The highest BCUT2D eigenvalue weighted by atomic mass is 16.5. The first kappa shape index (κ1) is 15.5. The maximum absolute atomic E-state index is 5.53. The van der Waals surface area contributed by atoms with Crippen LogP contribution >= 0.6 is 0 Å². The Kier molecular flexibility index (Phi) is 4.55. The molecule has 1 unspecified atom stereocenters. The van der Waals surface area contributed by atoms with Crippen LogP contribution in [-0.4, -0.2) is 52.2 Å². The van der Waals surface area contributed by atoms with E-state index < -0.39 is 0 Å². The van der Waals surface area contributed by atoms with Gasteiger partial charge < -0.3 is 14.5 Å². The van der Waals surface area contributed by atoms with Crippen LogP contribution < -0.4 is 14.5 Å². The number of hydrogen-bond donors (Lipinski definition) is 0. The molecule has 0 saturated carbocycles. The number of ether oxygens (including phenoxy) is 1. The number of aromatic nitrogens is 4. The van der Waals surface area contributed by atoms with Crippen LogP contribution in [0.2, 0.25) is 0 Å². The monoisotopic (exact) mass is 314 g/mol. The van der Waals surface area contributed by atoms with Crippen LogP contribution in [0.3, 0.4) is 0 Å². The average Bonchev–Trinajstić information content (AvgIpc) is 2.55. The van der Waals surface area contributed by atoms with Crippen molar-refractivity contribution in [3.63, 3.8) is 0 Å². The minimum absolute atomic E-state index is 0.325. The van der Waals surface area contributed by atoms with E-state index >= 15 is 0 Å². The third-order valence-electron chi connectivity index (χ3n) is 3.89. The first-order chi connectivity index (χ1) is 11.2. The molecule has 1 aliphatic rings. The van der Waals surface area contributed by atoms with E-state index in [1.807, 2.05) is 26.1 Å². The van der Waals surface area contributed by atoms with E-state index in [4.69, 9.17) is 4.74 Å². The summed E-state index contributed by atoms with van der Waals surface area (Å²) in [6.45, 7) is 9.28. The van der Waals surface area contributed by atoms with Gasteiger partial charge in [-0.2, -0.15) is 4.98 Å². The second-order valence-electron chi connectivity index (χ2n) is 5.60. The summed E-state index contributed by atoms with van der Waals surface area (Å²) in [7, 11) is 0. The zero-order valence-corrected chi connectivity index (χ0v) is 13.8. The second kappa shape index (κ2) is 6.76. The Balaban J connectivity index is 1.75. The second-order valence-corrected chi connectivity index (χ2v) is 5.60. The highest BCUT2D eigenvalue weighted by Gasteiger charge is 2.26. The Labute approximate surface area is 136 Å². The Hall–Kier alpha value is -2.44. The van der Waals surface area contributed by atoms with Crippen molar-refractivity contribution < 1.29 is 4.74 Å². The van der Waals surface area contributed by atoms with Crippen molar-refractivity contribution in [1.82, 2.24) is 19.9 Å². The van der Waals surface area contributed by atoms with E-state index in [1.165, 1.54) is 0 Å². The molecule has 1 saturated heterocycles. The summed E-state index contributed by atoms with van der Waals surface area (Å²) < 4.78 is 5.53. The fourth-order valence-corrected chi connectivity index (χ4v) is 2.85. The molecule has 3 rings (SSSR count). The summed E-state index contributed by atoms with van der Waals surface area (Å²) in [5, 5.41) is 0. The zero-order valence-electron chi connectivity index (χ0n) is 13.8. The fourth-order valence-electron chi connectivity index (χ4n) is 2.85. The third kappa shape index (κ3) is 3.49. The van der Waals surface area contributed by atoms with Gasteiger partial charge in [0.05, 0.1) is 12.8 Å². The number of anilines is 2. The number of aryl methyl sites for hydroxylation is 1. The van der Waals surface area contributed by atoms with E-state index in [2.05, 4.69) is 36.7 Å². The average molecular weight is 314 g/mol. The number of nitrogens with zero attached hydrogens (tertiary/aromatic N) is 6. The van der Waals surface area contributed by atoms with Crippen molar-refractivity contribution in [2.24, 2.45) is 0 Å². The molecule has 0 aliphatic carbocycles. The maximum atomic E-state index is 5.53. The van der Waals surface area contributed by atoms with Gasteiger partial charge in [0, 0.05) is 44.1 Å². The lowest BCUT2D eigenvalue weighted by atomic mass is 10.2. The zero-order chi connectivity index (χ0) is 16.2. The van der Waals surface area contributed by atoms with Gasteiger partial charge in [-0.1, -0.05) is 0 Å². The molecule has 2 aromatic rings. The van der Waals surface area contributed by atoms with Gasteiger partial charge >= 0.3 is 0 Å². The minimum Gasteiger partial charge on any atom is -0.478 e. The lowest BCUT2D eigenvalue weighted by molar-refractivity contribution is 0.325. The first-order valence-electron chi connectivity index (χ1n) is 7.93. The summed E-state index contributed by atoms with van der Waals surface area (Å²) in [4.78, 5) is 22.0. The van der Waals surface area contributed by atoms with Gasteiger partial charge in [0.1, 0.15) is 17.5 Å². The molecule has 7 nitrogen and oxygen atoms in total. The van der Waals surface area contributed by atoms with Crippen LogP contribution in [0.4, 0.5) is 11.6 Å². The normalized spacial score (nSPS) is 18.1. The molecule has 1 aliphatic heterocycles. The van der Waals surface area contributed by atoms with E-state index in [-0.39, 0.29) is 0 Å². The SMILES string of the molecule is CCOc1cc(N2CCN(c3cnccn3)C(C)C2)nc(C)n1. The van der Waals surface area contributed by atoms with Gasteiger partial charge in [-0.05, 0) is 20.8 Å². The van der Waals surface area contributed by atoms with E-state index in [0.29, 0.717) is 18.5 Å². The molecule has 0 N–H and O–H groups in total. The Morgan fingerprint density at radius 3 is 2.78 bits per heavy atom. The van der Waals surface area contributed by atoms with Crippen LogP contribution in [0.15, 0.2) is 24.7 Å². The summed E-state index contributed by atoms with van der Waals surface area (Å²) in [5.41, 5.74) is 0. The molecule has 0 bridgehead atoms. The largest absolute Gasteiger partial charge is 0.478 e. The van der Waals surface area contributed by atoms with Crippen LogP contribution in [-0.2, 0) is 0 Å². The van der Waals surface area contributed by atoms with Crippen LogP contribution in [0.25, 0.3) is 0 Å². The highest BCUT2D eigenvalue weighted by molar-refractivity contribution is 5.46. The van der Waals surface area contributed by atoms with Crippen molar-refractivity contribution >= 4 is 11.6 Å². The topological polar surface area (TPSA) is 67.3 Å². The predicted octanol–water partition coefficient (Wildman–Crippen LogP) is 1.69. The van der Waals surface area contributed by atoms with Crippen molar-refractivity contribution in [1.29, 1.82) is 0 Å². The molecule has 23 heavy (non-hydrogen) atoms. The van der Waals surface area contributed by atoms with Gasteiger partial charge in [-0.15, -0.1) is 0 Å². The fraction of sp³-hybridized carbons (Fsp3) is 0.500. The van der Waals surface area contributed by atoms with E-state index in [0.717, 1.165) is 37.1 Å². The molecule has 1 atom stereocenters. The summed E-state index contributed by atoms with van der Waals surface area (Å²) in [6, 6.07) is 2.24. The van der Waals surface area contributed by atoms with Crippen LogP contribution in [0.5, 0.6) is 5.88 Å². The van der Waals surface area contributed by atoms with Crippen LogP contribution in [0, 0.1) is 6.92 Å². The predicted molar refractivity (Wildman–Crippen MR) is 89.0 cm³/mol. The van der Waals surface area contributed by atoms with Crippen molar-refractivity contribution in [2.75, 3.05) is 36.0 Å². The number of piperazine rings is 1. The maximum Gasteiger partial charge on any atom is 0.218 e. The van der Waals surface area contributed by atoms with E-state index in [1.54, 1.807) is 12.4 Å². The Morgan fingerprint density at radius 1 is 1.22 bits per heavy atom. The van der Waals surface area contributed by atoms with Crippen molar-refractivity contribution in [3.8, 4) is 5.88 Å². The van der Waals surface area contributed by atoms with Gasteiger partial charge in [-0.3, -0.25) is 4.98 Å². The molecule has 1 fully saturated rings. The smallest absolute Gasteiger partial charge is 0.218 e. The van der Waals surface area contributed by atoms with Gasteiger partial charge in [-0.25, -0.2) is 9.97 Å². The first-order valence-corrected chi connectivity index (χ1v) is 7.93. The summed E-state index contributed by atoms with van der Waals surface area (Å²) >= 11 is 0. The highest BCUT2D eigenvalue weighted by Crippen LogP contribution is 2.23. The van der Waals surface area contributed by atoms with Gasteiger partial charge in [0.2, 0.25) is 5.88 Å². The molecule has 0 aromatic carbocycles.